The number of nitrogens with one attached hydrogen (secondary N) is 1. The molecule has 1 aromatic heterocycles. The maximum Gasteiger partial charge on any atom is 0.221 e. The van der Waals surface area contributed by atoms with Crippen molar-refractivity contribution in [3.63, 3.8) is 0 Å². The molecule has 4 heteroatoms. The van der Waals surface area contributed by atoms with Crippen LogP contribution in [-0.2, 0) is 11.3 Å². The molecule has 0 saturated carbocycles. The van der Waals surface area contributed by atoms with Gasteiger partial charge in [0.25, 0.3) is 0 Å². The van der Waals surface area contributed by atoms with E-state index in [1.807, 2.05) is 6.07 Å². The van der Waals surface area contributed by atoms with Crippen molar-refractivity contribution in [3.8, 4) is 0 Å². The molecule has 0 bridgehead atoms. The first-order chi connectivity index (χ1) is 7.33. The lowest BCUT2D eigenvalue weighted by molar-refractivity contribution is -0.119. The minimum atomic E-state index is 0.196. The van der Waals surface area contributed by atoms with Crippen LogP contribution in [0.15, 0.2) is 23.0 Å². The van der Waals surface area contributed by atoms with Crippen LogP contribution in [0.5, 0.6) is 0 Å². The highest BCUT2D eigenvalue weighted by Crippen LogP contribution is 2.27. The van der Waals surface area contributed by atoms with Gasteiger partial charge < -0.3 is 9.73 Å². The fraction of sp³-hybridized carbons (Fsp3) is 0.545. The lowest BCUT2D eigenvalue weighted by atomic mass is 10.1. The molecule has 0 unspecified atom stereocenters. The first-order valence-electron chi connectivity index (χ1n) is 5.37. The van der Waals surface area contributed by atoms with E-state index in [-0.39, 0.29) is 5.91 Å². The van der Waals surface area contributed by atoms with Crippen molar-refractivity contribution in [2.75, 3.05) is 6.54 Å². The topological polar surface area (TPSA) is 45.5 Å². The predicted molar refractivity (Wildman–Crippen MR) is 54.1 cm³/mol. The van der Waals surface area contributed by atoms with Crippen LogP contribution in [0.3, 0.4) is 0 Å². The van der Waals surface area contributed by atoms with Crippen LogP contribution < -0.4 is 5.32 Å². The molecule has 15 heavy (non-hydrogen) atoms. The average molecular weight is 206 g/mol. The molecule has 80 valence electrons. The number of amides is 1. The molecule has 0 aromatic carbocycles. The number of likely N-dealkylation sites (tertiary alicyclic amines) is 1. The molecule has 4 nitrogen and oxygen atoms in total. The van der Waals surface area contributed by atoms with Crippen LogP contribution in [0.2, 0.25) is 0 Å². The van der Waals surface area contributed by atoms with Gasteiger partial charge in [0, 0.05) is 37.2 Å². The summed E-state index contributed by atoms with van der Waals surface area (Å²) >= 11 is 0. The summed E-state index contributed by atoms with van der Waals surface area (Å²) in [6.07, 6.45) is 5.20. The van der Waals surface area contributed by atoms with Gasteiger partial charge in [-0.2, -0.15) is 0 Å². The third-order valence-corrected chi connectivity index (χ3v) is 3.37. The summed E-state index contributed by atoms with van der Waals surface area (Å²) in [4.78, 5) is 13.6. The smallest absolute Gasteiger partial charge is 0.221 e. The summed E-state index contributed by atoms with van der Waals surface area (Å²) in [6, 6.07) is 2.76. The number of furan rings is 1. The summed E-state index contributed by atoms with van der Waals surface area (Å²) in [5.41, 5.74) is 1.19. The number of carbonyl (C=O) groups is 1. The van der Waals surface area contributed by atoms with E-state index in [2.05, 4.69) is 10.2 Å². The maximum atomic E-state index is 11.2. The van der Waals surface area contributed by atoms with Crippen molar-refractivity contribution in [1.82, 2.24) is 10.2 Å². The van der Waals surface area contributed by atoms with E-state index in [1.54, 1.807) is 12.5 Å². The van der Waals surface area contributed by atoms with Gasteiger partial charge in [-0.1, -0.05) is 0 Å². The first-order valence-corrected chi connectivity index (χ1v) is 5.37. The number of fused-ring (bicyclic) bond motifs is 1. The van der Waals surface area contributed by atoms with Gasteiger partial charge in [-0.25, -0.2) is 0 Å². The van der Waals surface area contributed by atoms with Crippen molar-refractivity contribution in [2.24, 2.45) is 0 Å². The molecule has 3 rings (SSSR count). The predicted octanol–water partition coefficient (Wildman–Crippen LogP) is 0.742. The van der Waals surface area contributed by atoms with Gasteiger partial charge in [-0.05, 0) is 12.5 Å². The third kappa shape index (κ3) is 1.55. The molecule has 1 aromatic rings. The second kappa shape index (κ2) is 3.38. The van der Waals surface area contributed by atoms with E-state index in [0.717, 1.165) is 19.5 Å². The first kappa shape index (κ1) is 8.97. The lowest BCUT2D eigenvalue weighted by Crippen LogP contribution is -2.33. The molecule has 2 saturated heterocycles. The molecule has 2 fully saturated rings. The van der Waals surface area contributed by atoms with Crippen LogP contribution in [0, 0.1) is 0 Å². The van der Waals surface area contributed by atoms with Crippen LogP contribution in [-0.4, -0.2) is 29.4 Å². The standard InChI is InChI=1S/C11H14N2O2/c14-11-5-10-9(12-11)1-3-13(10)6-8-2-4-15-7-8/h2,4,7,9-10H,1,3,5-6H2,(H,12,14)/t9-,10+/m1/s1. The van der Waals surface area contributed by atoms with E-state index >= 15 is 0 Å². The minimum absolute atomic E-state index is 0.196. The highest BCUT2D eigenvalue weighted by Gasteiger charge is 2.40. The van der Waals surface area contributed by atoms with Gasteiger partial charge in [0.05, 0.1) is 12.5 Å². The second-order valence-corrected chi connectivity index (χ2v) is 4.34. The van der Waals surface area contributed by atoms with Gasteiger partial charge >= 0.3 is 0 Å². The maximum absolute atomic E-state index is 11.2. The molecule has 1 amide bonds. The minimum Gasteiger partial charge on any atom is -0.472 e. The average Bonchev–Trinajstić information content (AvgIpc) is 2.85. The third-order valence-electron chi connectivity index (χ3n) is 3.37. The van der Waals surface area contributed by atoms with E-state index in [4.69, 9.17) is 4.42 Å². The molecular formula is C11H14N2O2. The zero-order valence-electron chi connectivity index (χ0n) is 8.48. The summed E-state index contributed by atoms with van der Waals surface area (Å²) in [7, 11) is 0. The zero-order valence-corrected chi connectivity index (χ0v) is 8.48. The highest BCUT2D eigenvalue weighted by atomic mass is 16.3. The summed E-state index contributed by atoms with van der Waals surface area (Å²) in [5.74, 6) is 0.196. The summed E-state index contributed by atoms with van der Waals surface area (Å²) < 4.78 is 5.05. The zero-order chi connectivity index (χ0) is 10.3. The van der Waals surface area contributed by atoms with E-state index in [9.17, 15) is 4.79 Å². The number of nitrogens with zero attached hydrogens (tertiary/aromatic N) is 1. The van der Waals surface area contributed by atoms with Crippen molar-refractivity contribution in [2.45, 2.75) is 31.5 Å². The number of hydrogen-bond acceptors (Lipinski definition) is 3. The van der Waals surface area contributed by atoms with Crippen molar-refractivity contribution in [3.05, 3.63) is 24.2 Å². The largest absolute Gasteiger partial charge is 0.472 e. The Balaban J connectivity index is 1.70. The quantitative estimate of drug-likeness (QED) is 0.776. The molecule has 2 aliphatic rings. The lowest BCUT2D eigenvalue weighted by Gasteiger charge is -2.21. The Hall–Kier alpha value is -1.29. The van der Waals surface area contributed by atoms with E-state index < -0.39 is 0 Å². The summed E-state index contributed by atoms with van der Waals surface area (Å²) in [5, 5.41) is 3.02. The normalized spacial score (nSPS) is 30.5. The number of carbonyl (C=O) groups excluding carboxylic acids is 1. The van der Waals surface area contributed by atoms with Crippen molar-refractivity contribution in [1.29, 1.82) is 0 Å². The molecule has 0 radical (unpaired) electrons. The van der Waals surface area contributed by atoms with Crippen LogP contribution in [0.1, 0.15) is 18.4 Å². The Bertz CT molecular complexity index is 361. The Morgan fingerprint density at radius 2 is 2.53 bits per heavy atom. The SMILES string of the molecule is O=C1C[C@H]2[C@@H](CCN2Cc2ccoc2)N1. The molecule has 3 heterocycles. The highest BCUT2D eigenvalue weighted by molar-refractivity contribution is 5.79. The van der Waals surface area contributed by atoms with Crippen LogP contribution in [0.25, 0.3) is 0 Å². The van der Waals surface area contributed by atoms with Crippen LogP contribution >= 0.6 is 0 Å². The van der Waals surface area contributed by atoms with Gasteiger partial charge in [-0.15, -0.1) is 0 Å². The Kier molecular flexibility index (Phi) is 2.02. The van der Waals surface area contributed by atoms with Crippen molar-refractivity contribution >= 4 is 5.91 Å². The second-order valence-electron chi connectivity index (χ2n) is 4.34. The monoisotopic (exact) mass is 206 g/mol. The Morgan fingerprint density at radius 1 is 1.60 bits per heavy atom. The van der Waals surface area contributed by atoms with Crippen molar-refractivity contribution < 1.29 is 9.21 Å². The van der Waals surface area contributed by atoms with Gasteiger partial charge in [0.1, 0.15) is 0 Å². The van der Waals surface area contributed by atoms with E-state index in [0.29, 0.717) is 18.5 Å². The molecule has 0 spiro atoms. The molecule has 2 aliphatic heterocycles. The molecule has 2 atom stereocenters. The van der Waals surface area contributed by atoms with Gasteiger partial charge in [-0.3, -0.25) is 9.69 Å². The van der Waals surface area contributed by atoms with Gasteiger partial charge in [0.2, 0.25) is 5.91 Å². The Morgan fingerprint density at radius 3 is 3.33 bits per heavy atom. The summed E-state index contributed by atoms with van der Waals surface area (Å²) in [6.45, 7) is 1.97. The number of hydrogen-bond donors (Lipinski definition) is 1. The Labute approximate surface area is 88.2 Å². The van der Waals surface area contributed by atoms with Gasteiger partial charge in [0.15, 0.2) is 0 Å². The number of rotatable bonds is 2. The fourth-order valence-electron chi connectivity index (χ4n) is 2.63. The fourth-order valence-corrected chi connectivity index (χ4v) is 2.63. The molecule has 1 N–H and O–H groups in total. The molecular weight excluding hydrogens is 192 g/mol. The molecule has 0 aliphatic carbocycles. The van der Waals surface area contributed by atoms with E-state index in [1.165, 1.54) is 5.56 Å². The van der Waals surface area contributed by atoms with Crippen LogP contribution in [0.4, 0.5) is 0 Å².